The summed E-state index contributed by atoms with van der Waals surface area (Å²) in [5, 5.41) is 3.88. The third-order valence-electron chi connectivity index (χ3n) is 2.29. The molecule has 0 fully saturated rings. The zero-order valence-electron chi connectivity index (χ0n) is 9.17. The Hall–Kier alpha value is -1.69. The molecular formula is C11H11FN2O2S. The molecule has 1 heterocycles. The van der Waals surface area contributed by atoms with Crippen LogP contribution in [0.1, 0.15) is 5.56 Å². The number of sulfone groups is 1. The lowest BCUT2D eigenvalue weighted by atomic mass is 10.3. The quantitative estimate of drug-likeness (QED) is 0.834. The molecular weight excluding hydrogens is 243 g/mol. The first-order valence-electron chi connectivity index (χ1n) is 4.94. The van der Waals surface area contributed by atoms with Gasteiger partial charge in [0, 0.05) is 18.8 Å². The van der Waals surface area contributed by atoms with E-state index in [-0.39, 0.29) is 10.6 Å². The summed E-state index contributed by atoms with van der Waals surface area (Å²) in [5.74, 6) is -0.974. The summed E-state index contributed by atoms with van der Waals surface area (Å²) < 4.78 is 38.8. The minimum atomic E-state index is -3.66. The van der Waals surface area contributed by atoms with Crippen LogP contribution in [0.15, 0.2) is 41.6 Å². The molecule has 0 bridgehead atoms. The van der Waals surface area contributed by atoms with E-state index in [1.807, 2.05) is 0 Å². The Balaban J connectivity index is 2.35. The Morgan fingerprint density at radius 1 is 1.35 bits per heavy atom. The number of aryl methyl sites for hydroxylation is 1. The Bertz CT molecular complexity index is 634. The molecule has 2 aromatic rings. The first-order valence-corrected chi connectivity index (χ1v) is 6.59. The third kappa shape index (κ3) is 2.52. The molecule has 90 valence electrons. The van der Waals surface area contributed by atoms with Crippen molar-refractivity contribution in [3.8, 4) is 0 Å². The van der Waals surface area contributed by atoms with E-state index in [2.05, 4.69) is 5.10 Å². The molecule has 0 unspecified atom stereocenters. The van der Waals surface area contributed by atoms with Gasteiger partial charge in [-0.25, -0.2) is 12.8 Å². The minimum absolute atomic E-state index is 0.248. The zero-order chi connectivity index (χ0) is 12.5. The molecule has 0 aliphatic carbocycles. The van der Waals surface area contributed by atoms with Gasteiger partial charge in [0.25, 0.3) is 0 Å². The highest BCUT2D eigenvalue weighted by atomic mass is 32.2. The van der Waals surface area contributed by atoms with E-state index in [4.69, 9.17) is 0 Å². The first-order chi connectivity index (χ1) is 7.99. The van der Waals surface area contributed by atoms with Crippen LogP contribution in [0.4, 0.5) is 4.39 Å². The van der Waals surface area contributed by atoms with Crippen LogP contribution in [-0.4, -0.2) is 18.2 Å². The Morgan fingerprint density at radius 2 is 2.06 bits per heavy atom. The molecule has 0 amide bonds. The second-order valence-corrected chi connectivity index (χ2v) is 5.67. The van der Waals surface area contributed by atoms with Crippen molar-refractivity contribution in [1.29, 1.82) is 0 Å². The highest BCUT2D eigenvalue weighted by Crippen LogP contribution is 2.18. The SMILES string of the molecule is Cn1cc(CS(=O)(=O)c2ccccc2F)cn1. The summed E-state index contributed by atoms with van der Waals surface area (Å²) >= 11 is 0. The van der Waals surface area contributed by atoms with Crippen LogP contribution in [0.2, 0.25) is 0 Å². The second-order valence-electron chi connectivity index (χ2n) is 3.71. The number of hydrogen-bond donors (Lipinski definition) is 0. The largest absolute Gasteiger partial charge is 0.276 e. The van der Waals surface area contributed by atoms with Crippen LogP contribution in [0, 0.1) is 5.82 Å². The number of rotatable bonds is 3. The maximum Gasteiger partial charge on any atom is 0.185 e. The number of aromatic nitrogens is 2. The Labute approximate surface area is 98.6 Å². The van der Waals surface area contributed by atoms with E-state index in [0.29, 0.717) is 5.56 Å². The lowest BCUT2D eigenvalue weighted by Gasteiger charge is -2.03. The third-order valence-corrected chi connectivity index (χ3v) is 4.00. The first kappa shape index (κ1) is 11.8. The van der Waals surface area contributed by atoms with Crippen LogP contribution in [0.25, 0.3) is 0 Å². The fourth-order valence-corrected chi connectivity index (χ4v) is 2.93. The molecule has 4 nitrogen and oxygen atoms in total. The molecule has 17 heavy (non-hydrogen) atoms. The standard InChI is InChI=1S/C11H11FN2O2S/c1-14-7-9(6-13-14)8-17(15,16)11-5-3-2-4-10(11)12/h2-7H,8H2,1H3. The normalized spacial score (nSPS) is 11.6. The van der Waals surface area contributed by atoms with Crippen LogP contribution >= 0.6 is 0 Å². The maximum absolute atomic E-state index is 13.4. The molecule has 0 saturated carbocycles. The van der Waals surface area contributed by atoms with Crippen LogP contribution in [0.5, 0.6) is 0 Å². The van der Waals surface area contributed by atoms with Crippen molar-refractivity contribution in [3.05, 3.63) is 48.0 Å². The number of hydrogen-bond acceptors (Lipinski definition) is 3. The fraction of sp³-hybridized carbons (Fsp3) is 0.182. The van der Waals surface area contributed by atoms with Crippen LogP contribution in [0.3, 0.4) is 0 Å². The summed E-state index contributed by atoms with van der Waals surface area (Å²) in [6, 6.07) is 5.36. The van der Waals surface area contributed by atoms with Gasteiger partial charge in [0.2, 0.25) is 0 Å². The maximum atomic E-state index is 13.4. The molecule has 0 aliphatic rings. The molecule has 1 aromatic carbocycles. The number of halogens is 1. The molecule has 6 heteroatoms. The summed E-state index contributed by atoms with van der Waals surface area (Å²) in [6.07, 6.45) is 3.05. The summed E-state index contributed by atoms with van der Waals surface area (Å²) in [4.78, 5) is -0.274. The monoisotopic (exact) mass is 254 g/mol. The molecule has 0 aliphatic heterocycles. The van der Waals surface area contributed by atoms with E-state index in [1.165, 1.54) is 29.1 Å². The fourth-order valence-electron chi connectivity index (χ4n) is 1.54. The van der Waals surface area contributed by atoms with Crippen molar-refractivity contribution in [3.63, 3.8) is 0 Å². The van der Waals surface area contributed by atoms with Gasteiger partial charge in [0.05, 0.1) is 11.9 Å². The number of nitrogens with zero attached hydrogens (tertiary/aromatic N) is 2. The van der Waals surface area contributed by atoms with Gasteiger partial charge >= 0.3 is 0 Å². The van der Waals surface area contributed by atoms with E-state index >= 15 is 0 Å². The average molecular weight is 254 g/mol. The van der Waals surface area contributed by atoms with Gasteiger partial charge in [-0.1, -0.05) is 12.1 Å². The molecule has 2 rings (SSSR count). The average Bonchev–Trinajstić information content (AvgIpc) is 2.63. The molecule has 0 atom stereocenters. The van der Waals surface area contributed by atoms with E-state index in [0.717, 1.165) is 6.07 Å². The van der Waals surface area contributed by atoms with Gasteiger partial charge < -0.3 is 0 Å². The van der Waals surface area contributed by atoms with Gasteiger partial charge in [0.15, 0.2) is 9.84 Å². The highest BCUT2D eigenvalue weighted by molar-refractivity contribution is 7.90. The number of benzene rings is 1. The Kier molecular flexibility index (Phi) is 2.97. The van der Waals surface area contributed by atoms with E-state index in [9.17, 15) is 12.8 Å². The van der Waals surface area contributed by atoms with Crippen molar-refractivity contribution >= 4 is 9.84 Å². The zero-order valence-corrected chi connectivity index (χ0v) is 9.98. The van der Waals surface area contributed by atoms with Gasteiger partial charge in [-0.15, -0.1) is 0 Å². The Morgan fingerprint density at radius 3 is 2.65 bits per heavy atom. The minimum Gasteiger partial charge on any atom is -0.276 e. The van der Waals surface area contributed by atoms with Gasteiger partial charge in [-0.3, -0.25) is 4.68 Å². The molecule has 0 saturated heterocycles. The lowest BCUT2D eigenvalue weighted by molar-refractivity contribution is 0.566. The lowest BCUT2D eigenvalue weighted by Crippen LogP contribution is -2.06. The molecule has 0 spiro atoms. The van der Waals surface area contributed by atoms with Crippen LogP contribution in [-0.2, 0) is 22.6 Å². The summed E-state index contributed by atoms with van der Waals surface area (Å²) in [7, 11) is -1.97. The summed E-state index contributed by atoms with van der Waals surface area (Å²) in [5.41, 5.74) is 0.538. The van der Waals surface area contributed by atoms with Gasteiger partial charge in [-0.05, 0) is 12.1 Å². The van der Waals surface area contributed by atoms with E-state index < -0.39 is 15.7 Å². The molecule has 0 N–H and O–H groups in total. The smallest absolute Gasteiger partial charge is 0.185 e. The molecule has 0 radical (unpaired) electrons. The highest BCUT2D eigenvalue weighted by Gasteiger charge is 2.19. The predicted molar refractivity (Wildman–Crippen MR) is 60.5 cm³/mol. The van der Waals surface area contributed by atoms with Crippen molar-refractivity contribution < 1.29 is 12.8 Å². The van der Waals surface area contributed by atoms with Gasteiger partial charge in [-0.2, -0.15) is 5.10 Å². The molecule has 1 aromatic heterocycles. The van der Waals surface area contributed by atoms with Crippen molar-refractivity contribution in [2.75, 3.05) is 0 Å². The predicted octanol–water partition coefficient (Wildman–Crippen LogP) is 1.53. The second kappa shape index (κ2) is 4.29. The van der Waals surface area contributed by atoms with Crippen molar-refractivity contribution in [2.45, 2.75) is 10.6 Å². The van der Waals surface area contributed by atoms with Gasteiger partial charge in [0.1, 0.15) is 10.7 Å². The summed E-state index contributed by atoms with van der Waals surface area (Å²) in [6.45, 7) is 0. The van der Waals surface area contributed by atoms with Crippen molar-refractivity contribution in [2.24, 2.45) is 7.05 Å². The van der Waals surface area contributed by atoms with Crippen LogP contribution < -0.4 is 0 Å². The van der Waals surface area contributed by atoms with E-state index in [1.54, 1.807) is 13.2 Å². The topological polar surface area (TPSA) is 52.0 Å². The van der Waals surface area contributed by atoms with Crippen molar-refractivity contribution in [1.82, 2.24) is 9.78 Å².